The van der Waals surface area contributed by atoms with Gasteiger partial charge in [0.2, 0.25) is 0 Å². The van der Waals surface area contributed by atoms with E-state index in [1.165, 1.54) is 154 Å². The number of benzene rings is 6. The van der Waals surface area contributed by atoms with Crippen LogP contribution in [0.2, 0.25) is 0 Å². The molecule has 0 saturated heterocycles. The summed E-state index contributed by atoms with van der Waals surface area (Å²) < 4.78 is 44.1. The molecule has 9 rings (SSSR count). The van der Waals surface area contributed by atoms with Crippen LogP contribution < -0.4 is 0 Å². The van der Waals surface area contributed by atoms with Crippen molar-refractivity contribution in [1.29, 1.82) is 0 Å². The van der Waals surface area contributed by atoms with E-state index in [1.54, 1.807) is 0 Å². The molecule has 3 heterocycles. The van der Waals surface area contributed by atoms with Crippen LogP contribution in [0.1, 0.15) is 264 Å². The van der Waals surface area contributed by atoms with Gasteiger partial charge in [-0.2, -0.15) is 0 Å². The maximum absolute atomic E-state index is 7.86. The van der Waals surface area contributed by atoms with E-state index < -0.39 is 29.5 Å². The summed E-state index contributed by atoms with van der Waals surface area (Å²) in [6.45, 7) is 9.53. The molecule has 0 aliphatic heterocycles. The van der Waals surface area contributed by atoms with Crippen molar-refractivity contribution < 1.29 is 23.7 Å². The predicted molar refractivity (Wildman–Crippen MR) is 412 cm³/mol. The summed E-state index contributed by atoms with van der Waals surface area (Å²) in [5.74, 6) is 0. The molecule has 0 fully saturated rings. The van der Waals surface area contributed by atoms with Gasteiger partial charge in [0.1, 0.15) is 46.6 Å². The standard InChI is InChI=1S/C88H121N9O5/c1-4-7-10-13-16-19-22-25-28-49-64-95-67-81(89-92-95)70-98-84(73-101-87(75-52-37-31-38-53-75,76-54-39-32-40-55-76)77-56-41-33-42-57-77)86(100-72-83-69-97(94-91-83)66-51-30-27-24-21-18-15-12-9-6-3)85(99-71-82-68-96(93-90-82)65-50-29-26-23-20-17-14-11-8-5-2)74-102-88(78-58-43-34-44-59-78,79-60-45-35-46-61-79)80-62-47-36-48-63-80/h31-48,52-63,67-69,84-86H,4-30,49-51,64-66,70-74H2,1-3H3/t84-,85-/m0/s1. The third-order valence-electron chi connectivity index (χ3n) is 20.0. The number of ether oxygens (including phenoxy) is 5. The monoisotopic (exact) mass is 1380 g/mol. The van der Waals surface area contributed by atoms with Gasteiger partial charge in [-0.25, -0.2) is 0 Å². The fourth-order valence-corrected chi connectivity index (χ4v) is 14.3. The second-order valence-electron chi connectivity index (χ2n) is 28.1. The largest absolute Gasteiger partial charge is 0.367 e. The van der Waals surface area contributed by atoms with Gasteiger partial charge in [0.05, 0.1) is 51.6 Å². The highest BCUT2D eigenvalue weighted by molar-refractivity contribution is 5.49. The van der Waals surface area contributed by atoms with Crippen LogP contribution in [-0.4, -0.2) is 76.5 Å². The molecule has 0 aliphatic carbocycles. The first kappa shape index (κ1) is 78.7. The zero-order valence-electron chi connectivity index (χ0n) is 62.2. The molecule has 0 radical (unpaired) electrons. The van der Waals surface area contributed by atoms with Crippen LogP contribution in [0, 0.1) is 0 Å². The van der Waals surface area contributed by atoms with Gasteiger partial charge in [-0.1, -0.05) is 392 Å². The topological polar surface area (TPSA) is 138 Å². The Bertz CT molecular complexity index is 3140. The maximum atomic E-state index is 7.86. The molecule has 9 aromatic rings. The average Bonchev–Trinajstić information content (AvgIpc) is 0.904. The molecule has 0 unspecified atom stereocenters. The van der Waals surface area contributed by atoms with E-state index in [1.807, 2.05) is 32.6 Å². The smallest absolute Gasteiger partial charge is 0.143 e. The highest BCUT2D eigenvalue weighted by Gasteiger charge is 2.44. The lowest BCUT2D eigenvalue weighted by molar-refractivity contribution is -0.194. The Kier molecular flexibility index (Phi) is 35.7. The Hall–Kier alpha value is -7.46. The molecule has 0 aliphatic rings. The molecule has 0 amide bonds. The van der Waals surface area contributed by atoms with Gasteiger partial charge >= 0.3 is 0 Å². The van der Waals surface area contributed by atoms with E-state index in [9.17, 15) is 0 Å². The van der Waals surface area contributed by atoms with Gasteiger partial charge in [-0.05, 0) is 52.6 Å². The van der Waals surface area contributed by atoms with Crippen LogP contribution in [0.3, 0.4) is 0 Å². The molecule has 0 spiro atoms. The number of rotatable bonds is 56. The van der Waals surface area contributed by atoms with Crippen LogP contribution in [0.5, 0.6) is 0 Å². The van der Waals surface area contributed by atoms with Crippen molar-refractivity contribution in [1.82, 2.24) is 45.0 Å². The lowest BCUT2D eigenvalue weighted by Crippen LogP contribution is -2.50. The lowest BCUT2D eigenvalue weighted by Gasteiger charge is -2.41. The van der Waals surface area contributed by atoms with Gasteiger partial charge in [0.25, 0.3) is 0 Å². The van der Waals surface area contributed by atoms with Crippen molar-refractivity contribution in [3.63, 3.8) is 0 Å². The molecule has 14 heteroatoms. The minimum absolute atomic E-state index is 0.0254. The first-order valence-electron chi connectivity index (χ1n) is 39.6. The van der Waals surface area contributed by atoms with E-state index in [4.69, 9.17) is 44.2 Å². The quantitative estimate of drug-likeness (QED) is 0.0266. The Morgan fingerprint density at radius 1 is 0.275 bits per heavy atom. The molecule has 0 bridgehead atoms. The summed E-state index contributed by atoms with van der Waals surface area (Å²) in [7, 11) is 0. The lowest BCUT2D eigenvalue weighted by atomic mass is 9.80. The van der Waals surface area contributed by atoms with E-state index in [0.717, 1.165) is 91.5 Å². The minimum atomic E-state index is -1.12. The molecule has 102 heavy (non-hydrogen) atoms. The first-order valence-corrected chi connectivity index (χ1v) is 39.6. The van der Waals surface area contributed by atoms with Crippen molar-refractivity contribution >= 4 is 0 Å². The Morgan fingerprint density at radius 2 is 0.490 bits per heavy atom. The molecular weight excluding hydrogens is 1260 g/mol. The van der Waals surface area contributed by atoms with Gasteiger partial charge in [-0.3, -0.25) is 14.0 Å². The summed E-state index contributed by atoms with van der Waals surface area (Å²) in [4.78, 5) is 0. The van der Waals surface area contributed by atoms with Crippen LogP contribution in [0.15, 0.2) is 201 Å². The second kappa shape index (κ2) is 46.3. The summed E-state index contributed by atoms with van der Waals surface area (Å²) in [5.41, 5.74) is 5.62. The molecule has 6 aromatic carbocycles. The van der Waals surface area contributed by atoms with Crippen LogP contribution in [-0.2, 0) is 74.3 Å². The molecule has 14 nitrogen and oxygen atoms in total. The molecule has 2 atom stereocenters. The SMILES string of the molecule is CCCCCCCCCCCCn1cc(COC([C@H](COC(c2ccccc2)(c2ccccc2)c2ccccc2)OCc2cn(CCCCCCCCCCCC)nn2)[C@H](COC(c2ccccc2)(c2ccccc2)c2ccccc2)OCc2cn(CCCCCCCCCCCC)nn2)nn1. The molecule has 3 aromatic heterocycles. The molecular formula is C88H121N9O5. The first-order chi connectivity index (χ1) is 50.5. The number of aromatic nitrogens is 9. The Labute approximate surface area is 612 Å². The van der Waals surface area contributed by atoms with E-state index in [-0.39, 0.29) is 33.0 Å². The summed E-state index contributed by atoms with van der Waals surface area (Å²) >= 11 is 0. The third kappa shape index (κ3) is 25.5. The fraction of sp³-hybridized carbons (Fsp3) is 0.523. The van der Waals surface area contributed by atoms with Crippen molar-refractivity contribution in [2.24, 2.45) is 0 Å². The highest BCUT2D eigenvalue weighted by Crippen LogP contribution is 2.43. The zero-order valence-corrected chi connectivity index (χ0v) is 62.2. The Balaban J connectivity index is 1.08. The molecule has 0 saturated carbocycles. The van der Waals surface area contributed by atoms with Gasteiger partial charge < -0.3 is 23.7 Å². The van der Waals surface area contributed by atoms with E-state index >= 15 is 0 Å². The summed E-state index contributed by atoms with van der Waals surface area (Å²) in [6, 6.07) is 63.0. The number of hydrogen-bond donors (Lipinski definition) is 0. The van der Waals surface area contributed by atoms with Crippen molar-refractivity contribution in [3.8, 4) is 0 Å². The van der Waals surface area contributed by atoms with Crippen molar-refractivity contribution in [2.45, 2.75) is 282 Å². The number of aryl methyl sites for hydroxylation is 3. The number of hydrogen-bond acceptors (Lipinski definition) is 11. The Morgan fingerprint density at radius 3 is 0.725 bits per heavy atom. The predicted octanol–water partition coefficient (Wildman–Crippen LogP) is 21.3. The fourth-order valence-electron chi connectivity index (χ4n) is 14.3. The highest BCUT2D eigenvalue weighted by atomic mass is 16.6. The van der Waals surface area contributed by atoms with Crippen LogP contribution in [0.4, 0.5) is 0 Å². The second-order valence-corrected chi connectivity index (χ2v) is 28.1. The minimum Gasteiger partial charge on any atom is -0.367 e. The number of unbranched alkanes of at least 4 members (excludes halogenated alkanes) is 27. The van der Waals surface area contributed by atoms with Crippen molar-refractivity contribution in [3.05, 3.63) is 251 Å². The third-order valence-corrected chi connectivity index (χ3v) is 20.0. The molecule has 548 valence electrons. The van der Waals surface area contributed by atoms with Gasteiger partial charge in [0.15, 0.2) is 0 Å². The zero-order chi connectivity index (χ0) is 70.6. The summed E-state index contributed by atoms with van der Waals surface area (Å²) in [5, 5.41) is 28.4. The van der Waals surface area contributed by atoms with Crippen LogP contribution >= 0.6 is 0 Å². The molecule has 0 N–H and O–H groups in total. The van der Waals surface area contributed by atoms with Gasteiger partial charge in [-0.15, -0.1) is 15.3 Å². The van der Waals surface area contributed by atoms with Crippen molar-refractivity contribution in [2.75, 3.05) is 13.2 Å². The maximum Gasteiger partial charge on any atom is 0.143 e. The number of nitrogens with zero attached hydrogens (tertiary/aromatic N) is 9. The normalized spacial score (nSPS) is 12.6. The van der Waals surface area contributed by atoms with Gasteiger partial charge in [0, 0.05) is 19.6 Å². The van der Waals surface area contributed by atoms with E-state index in [0.29, 0.717) is 17.1 Å². The average molecular weight is 1380 g/mol. The van der Waals surface area contributed by atoms with E-state index in [2.05, 4.69) is 213 Å². The van der Waals surface area contributed by atoms with Crippen LogP contribution in [0.25, 0.3) is 0 Å². The summed E-state index contributed by atoms with van der Waals surface area (Å²) in [6.07, 6.45) is 41.3.